The Bertz CT molecular complexity index is 286. The van der Waals surface area contributed by atoms with E-state index >= 15 is 0 Å². The van der Waals surface area contributed by atoms with Crippen LogP contribution in [0.25, 0.3) is 0 Å². The van der Waals surface area contributed by atoms with E-state index in [0.29, 0.717) is 0 Å². The second-order valence-corrected chi connectivity index (χ2v) is 3.86. The van der Waals surface area contributed by atoms with Crippen molar-refractivity contribution in [2.24, 2.45) is 0 Å². The number of hydrogen-bond donors (Lipinski definition) is 1. The van der Waals surface area contributed by atoms with Crippen molar-refractivity contribution in [3.8, 4) is 0 Å². The summed E-state index contributed by atoms with van der Waals surface area (Å²) in [4.78, 5) is 0. The summed E-state index contributed by atoms with van der Waals surface area (Å²) in [6.07, 6.45) is 5.85. The minimum Gasteiger partial charge on any atom is -0.472 e. The van der Waals surface area contributed by atoms with Gasteiger partial charge < -0.3 is 14.3 Å². The predicted molar refractivity (Wildman–Crippen MR) is 52.0 cm³/mol. The number of aliphatic hydroxyl groups is 1. The minimum atomic E-state index is -0.533. The first-order valence-electron chi connectivity index (χ1n) is 5.11. The molecule has 1 fully saturated rings. The first kappa shape index (κ1) is 9.74. The molecule has 0 aliphatic carbocycles. The average Bonchev–Trinajstić information content (AvgIpc) is 2.65. The van der Waals surface area contributed by atoms with Crippen molar-refractivity contribution in [3.63, 3.8) is 0 Å². The quantitative estimate of drug-likeness (QED) is 0.788. The summed E-state index contributed by atoms with van der Waals surface area (Å²) in [6, 6.07) is 0. The summed E-state index contributed by atoms with van der Waals surface area (Å²) in [7, 11) is 0. The monoisotopic (exact) mass is 196 g/mol. The van der Waals surface area contributed by atoms with E-state index in [0.717, 1.165) is 37.0 Å². The van der Waals surface area contributed by atoms with E-state index in [-0.39, 0.29) is 6.10 Å². The van der Waals surface area contributed by atoms with Gasteiger partial charge in [0.2, 0.25) is 0 Å². The Morgan fingerprint density at radius 3 is 2.86 bits per heavy atom. The molecule has 2 atom stereocenters. The lowest BCUT2D eigenvalue weighted by molar-refractivity contribution is -0.0636. The van der Waals surface area contributed by atoms with Gasteiger partial charge in [-0.15, -0.1) is 0 Å². The Hall–Kier alpha value is -0.800. The molecule has 0 aromatic carbocycles. The Kier molecular flexibility index (Phi) is 2.89. The minimum absolute atomic E-state index is 0.0555. The zero-order chi connectivity index (χ0) is 9.97. The zero-order valence-electron chi connectivity index (χ0n) is 8.40. The molecule has 3 heteroatoms. The van der Waals surface area contributed by atoms with Crippen LogP contribution >= 0.6 is 0 Å². The van der Waals surface area contributed by atoms with Crippen LogP contribution in [-0.4, -0.2) is 17.8 Å². The van der Waals surface area contributed by atoms with E-state index in [1.807, 2.05) is 6.92 Å². The van der Waals surface area contributed by atoms with E-state index in [9.17, 15) is 5.11 Å². The SMILES string of the molecule is Cc1cocc1C(O)C1CCCCO1. The molecule has 1 aromatic heterocycles. The molecule has 2 unspecified atom stereocenters. The van der Waals surface area contributed by atoms with Crippen molar-refractivity contribution in [2.75, 3.05) is 6.61 Å². The Morgan fingerprint density at radius 2 is 2.29 bits per heavy atom. The Balaban J connectivity index is 2.07. The van der Waals surface area contributed by atoms with Crippen LogP contribution in [0.3, 0.4) is 0 Å². The number of aryl methyl sites for hydroxylation is 1. The molecule has 1 aliphatic rings. The van der Waals surface area contributed by atoms with E-state index in [4.69, 9.17) is 9.15 Å². The van der Waals surface area contributed by atoms with Crippen molar-refractivity contribution in [2.45, 2.75) is 38.4 Å². The lowest BCUT2D eigenvalue weighted by Gasteiger charge is -2.26. The van der Waals surface area contributed by atoms with Crippen molar-refractivity contribution in [3.05, 3.63) is 23.7 Å². The molecular weight excluding hydrogens is 180 g/mol. The summed E-state index contributed by atoms with van der Waals surface area (Å²) >= 11 is 0. The van der Waals surface area contributed by atoms with Gasteiger partial charge >= 0.3 is 0 Å². The molecule has 14 heavy (non-hydrogen) atoms. The van der Waals surface area contributed by atoms with Crippen molar-refractivity contribution in [1.29, 1.82) is 0 Å². The van der Waals surface area contributed by atoms with Crippen LogP contribution in [0.15, 0.2) is 16.9 Å². The number of ether oxygens (including phenoxy) is 1. The average molecular weight is 196 g/mol. The third kappa shape index (κ3) is 1.83. The van der Waals surface area contributed by atoms with Crippen molar-refractivity contribution in [1.82, 2.24) is 0 Å². The predicted octanol–water partition coefficient (Wildman–Crippen LogP) is 2.19. The highest BCUT2D eigenvalue weighted by Crippen LogP contribution is 2.28. The lowest BCUT2D eigenvalue weighted by atomic mass is 9.98. The van der Waals surface area contributed by atoms with Crippen LogP contribution < -0.4 is 0 Å². The summed E-state index contributed by atoms with van der Waals surface area (Å²) in [5.74, 6) is 0. The topological polar surface area (TPSA) is 42.6 Å². The molecule has 1 aliphatic heterocycles. The van der Waals surface area contributed by atoms with E-state index in [1.54, 1.807) is 12.5 Å². The molecule has 2 rings (SSSR count). The van der Waals surface area contributed by atoms with E-state index < -0.39 is 6.10 Å². The molecule has 0 radical (unpaired) electrons. The smallest absolute Gasteiger partial charge is 0.108 e. The molecule has 2 heterocycles. The molecule has 0 saturated carbocycles. The number of furan rings is 1. The first-order chi connectivity index (χ1) is 6.79. The van der Waals surface area contributed by atoms with Gasteiger partial charge in [0.1, 0.15) is 6.10 Å². The van der Waals surface area contributed by atoms with Gasteiger partial charge in [-0.2, -0.15) is 0 Å². The maximum absolute atomic E-state index is 10.0. The molecular formula is C11H16O3. The highest BCUT2D eigenvalue weighted by atomic mass is 16.5. The third-order valence-corrected chi connectivity index (χ3v) is 2.78. The third-order valence-electron chi connectivity index (χ3n) is 2.78. The zero-order valence-corrected chi connectivity index (χ0v) is 8.40. The van der Waals surface area contributed by atoms with E-state index in [1.165, 1.54) is 0 Å². The Labute approximate surface area is 83.7 Å². The molecule has 0 bridgehead atoms. The molecule has 0 spiro atoms. The fourth-order valence-electron chi connectivity index (χ4n) is 1.89. The summed E-state index contributed by atoms with van der Waals surface area (Å²) in [5.41, 5.74) is 1.85. The van der Waals surface area contributed by atoms with Crippen LogP contribution in [0, 0.1) is 6.92 Å². The molecule has 3 nitrogen and oxygen atoms in total. The number of hydrogen-bond acceptors (Lipinski definition) is 3. The summed E-state index contributed by atoms with van der Waals surface area (Å²) in [6.45, 7) is 2.70. The molecule has 1 saturated heterocycles. The van der Waals surface area contributed by atoms with Crippen LogP contribution in [0.1, 0.15) is 36.5 Å². The highest BCUT2D eigenvalue weighted by molar-refractivity contribution is 5.22. The number of aliphatic hydroxyl groups excluding tert-OH is 1. The van der Waals surface area contributed by atoms with Gasteiger partial charge in [0.15, 0.2) is 0 Å². The highest BCUT2D eigenvalue weighted by Gasteiger charge is 2.25. The van der Waals surface area contributed by atoms with Gasteiger partial charge in [0, 0.05) is 12.2 Å². The molecule has 1 aromatic rings. The fraction of sp³-hybridized carbons (Fsp3) is 0.636. The molecule has 0 amide bonds. The van der Waals surface area contributed by atoms with E-state index in [2.05, 4.69) is 0 Å². The number of rotatable bonds is 2. The van der Waals surface area contributed by atoms with Crippen molar-refractivity contribution >= 4 is 0 Å². The maximum atomic E-state index is 10.0. The van der Waals surface area contributed by atoms with Crippen LogP contribution in [0.5, 0.6) is 0 Å². The van der Waals surface area contributed by atoms with Crippen LogP contribution in [-0.2, 0) is 4.74 Å². The largest absolute Gasteiger partial charge is 0.472 e. The first-order valence-corrected chi connectivity index (χ1v) is 5.11. The maximum Gasteiger partial charge on any atom is 0.108 e. The fourth-order valence-corrected chi connectivity index (χ4v) is 1.89. The van der Waals surface area contributed by atoms with Crippen LogP contribution in [0.2, 0.25) is 0 Å². The Morgan fingerprint density at radius 1 is 1.43 bits per heavy atom. The normalized spacial score (nSPS) is 24.9. The molecule has 1 N–H and O–H groups in total. The van der Waals surface area contributed by atoms with Gasteiger partial charge in [-0.05, 0) is 31.7 Å². The summed E-state index contributed by atoms with van der Waals surface area (Å²) < 4.78 is 10.6. The second-order valence-electron chi connectivity index (χ2n) is 3.86. The van der Waals surface area contributed by atoms with Gasteiger partial charge in [0.25, 0.3) is 0 Å². The summed E-state index contributed by atoms with van der Waals surface area (Å²) in [5, 5.41) is 10.0. The standard InChI is InChI=1S/C11H16O3/c1-8-6-13-7-9(8)11(12)10-4-2-3-5-14-10/h6-7,10-12H,2-5H2,1H3. The van der Waals surface area contributed by atoms with Gasteiger partial charge in [-0.3, -0.25) is 0 Å². The van der Waals surface area contributed by atoms with Gasteiger partial charge in [-0.25, -0.2) is 0 Å². The second kappa shape index (κ2) is 4.15. The van der Waals surface area contributed by atoms with Gasteiger partial charge in [0.05, 0.1) is 18.6 Å². The van der Waals surface area contributed by atoms with Crippen LogP contribution in [0.4, 0.5) is 0 Å². The van der Waals surface area contributed by atoms with Crippen molar-refractivity contribution < 1.29 is 14.3 Å². The van der Waals surface area contributed by atoms with Gasteiger partial charge in [-0.1, -0.05) is 0 Å². The molecule has 78 valence electrons. The lowest BCUT2D eigenvalue weighted by Crippen LogP contribution is -2.26.